The van der Waals surface area contributed by atoms with Crippen LogP contribution >= 0.6 is 0 Å². The van der Waals surface area contributed by atoms with Gasteiger partial charge in [-0.25, -0.2) is 4.39 Å². The van der Waals surface area contributed by atoms with E-state index >= 15 is 0 Å². The van der Waals surface area contributed by atoms with Gasteiger partial charge in [0.1, 0.15) is 11.6 Å². The molecule has 6 nitrogen and oxygen atoms in total. The molecule has 1 amide bonds. The second kappa shape index (κ2) is 10.3. The van der Waals surface area contributed by atoms with Crippen LogP contribution in [0.3, 0.4) is 0 Å². The topological polar surface area (TPSA) is 70.1 Å². The van der Waals surface area contributed by atoms with Gasteiger partial charge in [0, 0.05) is 31.7 Å². The van der Waals surface area contributed by atoms with E-state index in [-0.39, 0.29) is 11.3 Å². The molecule has 0 radical (unpaired) electrons. The highest BCUT2D eigenvalue weighted by Gasteiger charge is 2.45. The molecule has 2 heterocycles. The van der Waals surface area contributed by atoms with Crippen molar-refractivity contribution in [1.82, 2.24) is 9.80 Å². The van der Waals surface area contributed by atoms with Crippen LogP contribution in [0.15, 0.2) is 54.1 Å². The lowest BCUT2D eigenvalue weighted by Crippen LogP contribution is -2.38. The molecule has 2 aliphatic heterocycles. The fourth-order valence-electron chi connectivity index (χ4n) is 4.45. The minimum absolute atomic E-state index is 0.0437. The lowest BCUT2D eigenvalue weighted by atomic mass is 9.94. The van der Waals surface area contributed by atoms with Crippen molar-refractivity contribution in [3.05, 3.63) is 76.6 Å². The number of hydrogen-bond acceptors (Lipinski definition) is 5. The molecule has 7 heteroatoms. The summed E-state index contributed by atoms with van der Waals surface area (Å²) >= 11 is 0. The zero-order valence-corrected chi connectivity index (χ0v) is 18.8. The second-order valence-corrected chi connectivity index (χ2v) is 8.40. The van der Waals surface area contributed by atoms with Crippen molar-refractivity contribution in [3.63, 3.8) is 0 Å². The number of ether oxygens (including phenoxy) is 1. The molecule has 0 unspecified atom stereocenters. The van der Waals surface area contributed by atoms with Crippen LogP contribution in [0.25, 0.3) is 5.76 Å². The van der Waals surface area contributed by atoms with E-state index in [2.05, 4.69) is 11.8 Å². The SMILES string of the molecule is CCc1ccc([C@H]2/C(=C(\O)c3ccc(F)cc3)C(=O)C(=O)N2CCCN2CCOCC2)cc1. The van der Waals surface area contributed by atoms with Gasteiger partial charge in [-0.15, -0.1) is 0 Å². The third-order valence-corrected chi connectivity index (χ3v) is 6.34. The molecule has 0 aliphatic carbocycles. The summed E-state index contributed by atoms with van der Waals surface area (Å²) in [5, 5.41) is 11.0. The van der Waals surface area contributed by atoms with Gasteiger partial charge in [-0.3, -0.25) is 14.5 Å². The summed E-state index contributed by atoms with van der Waals surface area (Å²) in [6, 6.07) is 12.3. The molecule has 2 saturated heterocycles. The third-order valence-electron chi connectivity index (χ3n) is 6.34. The molecule has 4 rings (SSSR count). The number of rotatable bonds is 7. The second-order valence-electron chi connectivity index (χ2n) is 8.40. The molecule has 0 saturated carbocycles. The van der Waals surface area contributed by atoms with Gasteiger partial charge in [0.15, 0.2) is 0 Å². The van der Waals surface area contributed by atoms with Crippen molar-refractivity contribution in [1.29, 1.82) is 0 Å². The monoisotopic (exact) mass is 452 g/mol. The molecule has 174 valence electrons. The maximum atomic E-state index is 13.4. The fraction of sp³-hybridized carbons (Fsp3) is 0.385. The summed E-state index contributed by atoms with van der Waals surface area (Å²) in [6.07, 6.45) is 1.57. The van der Waals surface area contributed by atoms with Crippen molar-refractivity contribution in [3.8, 4) is 0 Å². The van der Waals surface area contributed by atoms with Crippen LogP contribution < -0.4 is 0 Å². The quantitative estimate of drug-likeness (QED) is 0.395. The maximum absolute atomic E-state index is 13.4. The molecule has 2 aromatic rings. The number of halogens is 1. The average molecular weight is 453 g/mol. The number of morpholine rings is 1. The summed E-state index contributed by atoms with van der Waals surface area (Å²) in [5.41, 5.74) is 2.25. The summed E-state index contributed by atoms with van der Waals surface area (Å²) in [6.45, 7) is 6.35. The Balaban J connectivity index is 1.66. The summed E-state index contributed by atoms with van der Waals surface area (Å²) in [5.74, 6) is -2.06. The van der Waals surface area contributed by atoms with Crippen LogP contribution in [0.4, 0.5) is 4.39 Å². The van der Waals surface area contributed by atoms with Crippen LogP contribution in [0, 0.1) is 5.82 Å². The number of aliphatic hydroxyl groups is 1. The average Bonchev–Trinajstić information content (AvgIpc) is 3.10. The number of carbonyl (C=O) groups excluding carboxylic acids is 2. The minimum Gasteiger partial charge on any atom is -0.507 e. The van der Waals surface area contributed by atoms with Gasteiger partial charge in [0.2, 0.25) is 0 Å². The van der Waals surface area contributed by atoms with Crippen molar-refractivity contribution >= 4 is 17.4 Å². The van der Waals surface area contributed by atoms with Crippen molar-refractivity contribution in [2.75, 3.05) is 39.4 Å². The van der Waals surface area contributed by atoms with Crippen molar-refractivity contribution in [2.24, 2.45) is 0 Å². The number of amides is 1. The predicted molar refractivity (Wildman–Crippen MR) is 123 cm³/mol. The van der Waals surface area contributed by atoms with Gasteiger partial charge in [-0.2, -0.15) is 0 Å². The first-order valence-corrected chi connectivity index (χ1v) is 11.4. The van der Waals surface area contributed by atoms with Gasteiger partial charge < -0.3 is 14.7 Å². The molecule has 0 spiro atoms. The molecule has 1 N–H and O–H groups in total. The van der Waals surface area contributed by atoms with Gasteiger partial charge in [-0.05, 0) is 48.2 Å². The van der Waals surface area contributed by atoms with E-state index in [9.17, 15) is 19.1 Å². The first-order chi connectivity index (χ1) is 16.0. The van der Waals surface area contributed by atoms with Crippen LogP contribution in [-0.4, -0.2) is 66.0 Å². The summed E-state index contributed by atoms with van der Waals surface area (Å²) < 4.78 is 18.8. The van der Waals surface area contributed by atoms with Crippen LogP contribution in [0.2, 0.25) is 0 Å². The van der Waals surface area contributed by atoms with Gasteiger partial charge in [0.05, 0.1) is 24.8 Å². The fourth-order valence-corrected chi connectivity index (χ4v) is 4.45. The smallest absolute Gasteiger partial charge is 0.295 e. The highest BCUT2D eigenvalue weighted by molar-refractivity contribution is 6.46. The number of nitrogens with zero attached hydrogens (tertiary/aromatic N) is 2. The Hall–Kier alpha value is -3.03. The van der Waals surface area contributed by atoms with Crippen molar-refractivity contribution in [2.45, 2.75) is 25.8 Å². The number of ketones is 1. The normalized spacial score (nSPS) is 21.0. The first-order valence-electron chi connectivity index (χ1n) is 11.4. The summed E-state index contributed by atoms with van der Waals surface area (Å²) in [7, 11) is 0. The number of carbonyl (C=O) groups is 2. The Morgan fingerprint density at radius 1 is 1.03 bits per heavy atom. The van der Waals surface area contributed by atoms with Gasteiger partial charge in [0.25, 0.3) is 11.7 Å². The Kier molecular flexibility index (Phi) is 7.20. The molecule has 2 aliphatic rings. The van der Waals surface area contributed by atoms with Gasteiger partial charge in [-0.1, -0.05) is 31.2 Å². The molecule has 1 atom stereocenters. The Bertz CT molecular complexity index is 1030. The number of benzene rings is 2. The number of aryl methyl sites for hydroxylation is 1. The van der Waals surface area contributed by atoms with Crippen LogP contribution in [0.1, 0.15) is 36.1 Å². The standard InChI is InChI=1S/C26H29FN2O4/c1-2-18-4-6-19(7-5-18)23-22(24(30)20-8-10-21(27)11-9-20)25(31)26(32)29(23)13-3-12-28-14-16-33-17-15-28/h4-11,23,30H,2-3,12-17H2,1H3/b24-22+/t23-/m0/s1. The molecule has 2 aromatic carbocycles. The number of hydrogen-bond donors (Lipinski definition) is 1. The predicted octanol–water partition coefficient (Wildman–Crippen LogP) is 3.53. The van der Waals surface area contributed by atoms with E-state index in [1.54, 1.807) is 4.90 Å². The third kappa shape index (κ3) is 4.99. The molecule has 0 aromatic heterocycles. The molecular weight excluding hydrogens is 423 g/mol. The van der Waals surface area contributed by atoms with Crippen molar-refractivity contribution < 1.29 is 23.8 Å². The van der Waals surface area contributed by atoms with Crippen LogP contribution in [-0.2, 0) is 20.7 Å². The van der Waals surface area contributed by atoms with E-state index in [0.29, 0.717) is 31.7 Å². The van der Waals surface area contributed by atoms with E-state index in [0.717, 1.165) is 37.2 Å². The molecule has 2 fully saturated rings. The van der Waals surface area contributed by atoms with E-state index in [1.807, 2.05) is 24.3 Å². The lowest BCUT2D eigenvalue weighted by Gasteiger charge is -2.29. The molecule has 0 bridgehead atoms. The Morgan fingerprint density at radius 2 is 1.70 bits per heavy atom. The van der Waals surface area contributed by atoms with Gasteiger partial charge >= 0.3 is 0 Å². The van der Waals surface area contributed by atoms with E-state index in [4.69, 9.17) is 4.74 Å². The Morgan fingerprint density at radius 3 is 2.33 bits per heavy atom. The highest BCUT2D eigenvalue weighted by atomic mass is 19.1. The van der Waals surface area contributed by atoms with E-state index < -0.39 is 23.5 Å². The zero-order chi connectivity index (χ0) is 23.4. The number of Topliss-reactive ketones (excluding diaryl/α,β-unsaturated/α-hetero) is 1. The highest BCUT2D eigenvalue weighted by Crippen LogP contribution is 2.39. The lowest BCUT2D eigenvalue weighted by molar-refractivity contribution is -0.140. The molecule has 33 heavy (non-hydrogen) atoms. The minimum atomic E-state index is -0.715. The van der Waals surface area contributed by atoms with Crippen LogP contribution in [0.5, 0.6) is 0 Å². The van der Waals surface area contributed by atoms with E-state index in [1.165, 1.54) is 24.3 Å². The Labute approximate surface area is 193 Å². The zero-order valence-electron chi connectivity index (χ0n) is 18.8. The summed E-state index contributed by atoms with van der Waals surface area (Å²) in [4.78, 5) is 29.9. The largest absolute Gasteiger partial charge is 0.507 e. The maximum Gasteiger partial charge on any atom is 0.295 e. The number of likely N-dealkylation sites (tertiary alicyclic amines) is 1. The molecular formula is C26H29FN2O4. The number of aliphatic hydroxyl groups excluding tert-OH is 1. The first kappa shape index (κ1) is 23.1.